The van der Waals surface area contributed by atoms with E-state index in [2.05, 4.69) is 39.3 Å². The topological polar surface area (TPSA) is 41.1 Å². The molecular formula is C13H18ClIN2O. The molecule has 1 aromatic rings. The van der Waals surface area contributed by atoms with Gasteiger partial charge in [-0.2, -0.15) is 0 Å². The Bertz CT molecular complexity index is 421. The van der Waals surface area contributed by atoms with Gasteiger partial charge in [0.2, 0.25) is 5.91 Å². The summed E-state index contributed by atoms with van der Waals surface area (Å²) in [6.07, 6.45) is 2.62. The predicted octanol–water partition coefficient (Wildman–Crippen LogP) is 2.96. The van der Waals surface area contributed by atoms with Crippen LogP contribution in [0.4, 0.5) is 5.69 Å². The molecule has 1 aliphatic carbocycles. The standard InChI is InChI=1S/C13H17IN2O.ClH/c1-9-6-11(14)4-5-12(9)16-13(17)8-15-7-10-2-3-10;/h4-6,10,15H,2-3,7-8H2,1H3,(H,16,17);1H. The molecule has 18 heavy (non-hydrogen) atoms. The smallest absolute Gasteiger partial charge is 0.238 e. The van der Waals surface area contributed by atoms with Crippen molar-refractivity contribution in [3.63, 3.8) is 0 Å². The van der Waals surface area contributed by atoms with E-state index in [1.54, 1.807) is 0 Å². The second-order valence-corrected chi connectivity index (χ2v) is 5.83. The van der Waals surface area contributed by atoms with Crippen molar-refractivity contribution in [2.45, 2.75) is 19.8 Å². The van der Waals surface area contributed by atoms with Crippen LogP contribution in [0.2, 0.25) is 0 Å². The number of carbonyl (C=O) groups is 1. The molecule has 1 aliphatic rings. The molecule has 2 rings (SSSR count). The van der Waals surface area contributed by atoms with Gasteiger partial charge in [0.25, 0.3) is 0 Å². The largest absolute Gasteiger partial charge is 0.325 e. The van der Waals surface area contributed by atoms with Crippen LogP contribution >= 0.6 is 35.0 Å². The zero-order valence-corrected chi connectivity index (χ0v) is 13.3. The minimum atomic E-state index is 0. The van der Waals surface area contributed by atoms with Crippen molar-refractivity contribution < 1.29 is 4.79 Å². The van der Waals surface area contributed by atoms with Crippen molar-refractivity contribution in [1.29, 1.82) is 0 Å². The molecule has 0 unspecified atom stereocenters. The van der Waals surface area contributed by atoms with Gasteiger partial charge in [-0.05, 0) is 78.6 Å². The van der Waals surface area contributed by atoms with Crippen molar-refractivity contribution in [2.75, 3.05) is 18.4 Å². The molecule has 2 N–H and O–H groups in total. The zero-order valence-electron chi connectivity index (χ0n) is 10.3. The second kappa shape index (κ2) is 7.31. The van der Waals surface area contributed by atoms with Crippen LogP contribution < -0.4 is 10.6 Å². The number of aryl methyl sites for hydroxylation is 1. The number of anilines is 1. The summed E-state index contributed by atoms with van der Waals surface area (Å²) in [4.78, 5) is 11.7. The maximum Gasteiger partial charge on any atom is 0.238 e. The highest BCUT2D eigenvalue weighted by molar-refractivity contribution is 14.1. The third-order valence-corrected chi connectivity index (χ3v) is 3.55. The average Bonchev–Trinajstić information content (AvgIpc) is 3.06. The lowest BCUT2D eigenvalue weighted by atomic mass is 10.2. The van der Waals surface area contributed by atoms with E-state index in [1.807, 2.05) is 19.1 Å². The van der Waals surface area contributed by atoms with Crippen LogP contribution in [0.25, 0.3) is 0 Å². The van der Waals surface area contributed by atoms with Gasteiger partial charge in [0, 0.05) is 9.26 Å². The van der Waals surface area contributed by atoms with Crippen molar-refractivity contribution in [2.24, 2.45) is 5.92 Å². The van der Waals surface area contributed by atoms with Crippen LogP contribution in [0.1, 0.15) is 18.4 Å². The summed E-state index contributed by atoms with van der Waals surface area (Å²) in [5.74, 6) is 0.845. The van der Waals surface area contributed by atoms with Gasteiger partial charge < -0.3 is 10.6 Å². The van der Waals surface area contributed by atoms with Gasteiger partial charge in [0.1, 0.15) is 0 Å². The fourth-order valence-corrected chi connectivity index (χ4v) is 2.32. The van der Waals surface area contributed by atoms with Gasteiger partial charge in [0.05, 0.1) is 6.54 Å². The lowest BCUT2D eigenvalue weighted by Crippen LogP contribution is -2.29. The van der Waals surface area contributed by atoms with Crippen LogP contribution in [-0.2, 0) is 4.79 Å². The highest BCUT2D eigenvalue weighted by Crippen LogP contribution is 2.27. The monoisotopic (exact) mass is 380 g/mol. The van der Waals surface area contributed by atoms with E-state index in [9.17, 15) is 4.79 Å². The quantitative estimate of drug-likeness (QED) is 0.771. The second-order valence-electron chi connectivity index (χ2n) is 4.58. The van der Waals surface area contributed by atoms with Crippen molar-refractivity contribution >= 4 is 46.6 Å². The normalized spacial score (nSPS) is 13.9. The number of hydrogen-bond acceptors (Lipinski definition) is 2. The van der Waals surface area contributed by atoms with Gasteiger partial charge in [-0.25, -0.2) is 0 Å². The summed E-state index contributed by atoms with van der Waals surface area (Å²) in [6.45, 7) is 3.39. The molecule has 1 fully saturated rings. The molecule has 1 aromatic carbocycles. The third-order valence-electron chi connectivity index (χ3n) is 2.88. The first-order valence-electron chi connectivity index (χ1n) is 5.92. The molecule has 0 aromatic heterocycles. The average molecular weight is 381 g/mol. The molecule has 1 amide bonds. The van der Waals surface area contributed by atoms with E-state index in [0.29, 0.717) is 6.54 Å². The molecule has 0 bridgehead atoms. The van der Waals surface area contributed by atoms with Gasteiger partial charge in [0.15, 0.2) is 0 Å². The van der Waals surface area contributed by atoms with Crippen molar-refractivity contribution in [1.82, 2.24) is 5.32 Å². The molecule has 3 nitrogen and oxygen atoms in total. The van der Waals surface area contributed by atoms with Crippen molar-refractivity contribution in [3.8, 4) is 0 Å². The minimum absolute atomic E-state index is 0. The van der Waals surface area contributed by atoms with Crippen LogP contribution in [0.5, 0.6) is 0 Å². The number of nitrogens with one attached hydrogen (secondary N) is 2. The highest BCUT2D eigenvalue weighted by atomic mass is 127. The Labute approximate surface area is 128 Å². The predicted molar refractivity (Wildman–Crippen MR) is 85.4 cm³/mol. The number of rotatable bonds is 5. The first-order chi connectivity index (χ1) is 8.15. The number of carbonyl (C=O) groups excluding carboxylic acids is 1. The Morgan fingerprint density at radius 1 is 1.44 bits per heavy atom. The van der Waals surface area contributed by atoms with Gasteiger partial charge in [-0.15, -0.1) is 12.4 Å². The number of benzene rings is 1. The van der Waals surface area contributed by atoms with E-state index in [1.165, 1.54) is 16.4 Å². The first-order valence-corrected chi connectivity index (χ1v) is 7.00. The molecule has 0 saturated heterocycles. The molecule has 1 saturated carbocycles. The Balaban J connectivity index is 0.00000162. The van der Waals surface area contributed by atoms with E-state index in [0.717, 1.165) is 23.7 Å². The molecule has 0 spiro atoms. The van der Waals surface area contributed by atoms with E-state index < -0.39 is 0 Å². The van der Waals surface area contributed by atoms with Gasteiger partial charge in [-0.3, -0.25) is 4.79 Å². The number of amides is 1. The van der Waals surface area contributed by atoms with Gasteiger partial charge in [-0.1, -0.05) is 0 Å². The van der Waals surface area contributed by atoms with Crippen LogP contribution in [0.3, 0.4) is 0 Å². The Morgan fingerprint density at radius 3 is 2.78 bits per heavy atom. The minimum Gasteiger partial charge on any atom is -0.325 e. The Kier molecular flexibility index (Phi) is 6.38. The van der Waals surface area contributed by atoms with Gasteiger partial charge >= 0.3 is 0 Å². The SMILES string of the molecule is Cc1cc(I)ccc1NC(=O)CNCC1CC1.Cl. The molecule has 0 heterocycles. The molecule has 0 radical (unpaired) electrons. The van der Waals surface area contributed by atoms with E-state index in [4.69, 9.17) is 0 Å². The lowest BCUT2D eigenvalue weighted by Gasteiger charge is -2.09. The molecule has 0 aliphatic heterocycles. The molecular weight excluding hydrogens is 363 g/mol. The zero-order chi connectivity index (χ0) is 12.3. The van der Waals surface area contributed by atoms with E-state index >= 15 is 0 Å². The summed E-state index contributed by atoms with van der Waals surface area (Å²) < 4.78 is 1.19. The fraction of sp³-hybridized carbons (Fsp3) is 0.462. The Morgan fingerprint density at radius 2 is 2.17 bits per heavy atom. The van der Waals surface area contributed by atoms with Crippen LogP contribution in [0.15, 0.2) is 18.2 Å². The molecule has 5 heteroatoms. The van der Waals surface area contributed by atoms with Crippen LogP contribution in [0, 0.1) is 16.4 Å². The maximum atomic E-state index is 11.7. The molecule has 0 atom stereocenters. The summed E-state index contributed by atoms with van der Waals surface area (Å²) in [5, 5.41) is 6.11. The fourth-order valence-electron chi connectivity index (χ4n) is 1.67. The van der Waals surface area contributed by atoms with Crippen LogP contribution in [-0.4, -0.2) is 19.0 Å². The summed E-state index contributed by atoms with van der Waals surface area (Å²) in [5.41, 5.74) is 2.01. The summed E-state index contributed by atoms with van der Waals surface area (Å²) in [6, 6.07) is 6.02. The highest BCUT2D eigenvalue weighted by Gasteiger charge is 2.20. The number of halogens is 2. The molecule has 100 valence electrons. The third kappa shape index (κ3) is 5.12. The lowest BCUT2D eigenvalue weighted by molar-refractivity contribution is -0.115. The summed E-state index contributed by atoms with van der Waals surface area (Å²) in [7, 11) is 0. The maximum absolute atomic E-state index is 11.7. The van der Waals surface area contributed by atoms with E-state index in [-0.39, 0.29) is 18.3 Å². The van der Waals surface area contributed by atoms with Crippen molar-refractivity contribution in [3.05, 3.63) is 27.3 Å². The number of hydrogen-bond donors (Lipinski definition) is 2. The summed E-state index contributed by atoms with van der Waals surface area (Å²) >= 11 is 2.27. The first kappa shape index (κ1) is 15.7. The Hall–Kier alpha value is -0.330.